The normalized spacial score (nSPS) is 8.00. The molecule has 0 spiro atoms. The fourth-order valence-corrected chi connectivity index (χ4v) is 0.383. The lowest BCUT2D eigenvalue weighted by Crippen LogP contribution is -2.24. The van der Waals surface area contributed by atoms with Crippen LogP contribution in [0.15, 0.2) is 12.2 Å². The second kappa shape index (κ2) is 4.57. The fourth-order valence-electron chi connectivity index (χ4n) is 0.383. The third-order valence-corrected chi connectivity index (χ3v) is 0.910. The molecule has 0 rings (SSSR count). The summed E-state index contributed by atoms with van der Waals surface area (Å²) in [5, 5.41) is 10.6. The number of nitrogens with one attached hydrogen (secondary N) is 1. The summed E-state index contributed by atoms with van der Waals surface area (Å²) in [6.07, 6.45) is 0.346. The number of nitrogens with zero attached hydrogens (tertiary/aromatic N) is 1. The van der Waals surface area contributed by atoms with E-state index in [4.69, 9.17) is 5.26 Å². The molecule has 0 fully saturated rings. The van der Waals surface area contributed by atoms with Crippen molar-refractivity contribution in [2.24, 2.45) is 0 Å². The van der Waals surface area contributed by atoms with Gasteiger partial charge < -0.3 is 5.32 Å². The van der Waals surface area contributed by atoms with E-state index in [1.165, 1.54) is 0 Å². The smallest absolute Gasteiger partial charge is 0.246 e. The first-order chi connectivity index (χ1) is 4.68. The van der Waals surface area contributed by atoms with E-state index >= 15 is 0 Å². The summed E-state index contributed by atoms with van der Waals surface area (Å²) in [4.78, 5) is 10.7. The van der Waals surface area contributed by atoms with Gasteiger partial charge in [0.1, 0.15) is 0 Å². The minimum atomic E-state index is -0.185. The zero-order valence-electron chi connectivity index (χ0n) is 5.98. The maximum atomic E-state index is 10.7. The molecule has 1 amide bonds. The Morgan fingerprint density at radius 2 is 2.40 bits per heavy atom. The van der Waals surface area contributed by atoms with Gasteiger partial charge in [0.25, 0.3) is 0 Å². The first kappa shape index (κ1) is 8.70. The topological polar surface area (TPSA) is 52.9 Å². The number of hydrogen-bond acceptors (Lipinski definition) is 2. The molecule has 3 heteroatoms. The van der Waals surface area contributed by atoms with Crippen molar-refractivity contribution in [2.45, 2.75) is 13.3 Å². The summed E-state index contributed by atoms with van der Waals surface area (Å²) in [6.45, 7) is 5.47. The highest BCUT2D eigenvalue weighted by Crippen LogP contribution is 1.84. The average Bonchev–Trinajstić information content (AvgIpc) is 1.88. The van der Waals surface area contributed by atoms with Crippen molar-refractivity contribution in [3.05, 3.63) is 12.2 Å². The maximum absolute atomic E-state index is 10.7. The van der Waals surface area contributed by atoms with Gasteiger partial charge >= 0.3 is 0 Å². The van der Waals surface area contributed by atoms with Gasteiger partial charge in [0.15, 0.2) is 0 Å². The van der Waals surface area contributed by atoms with E-state index in [0.29, 0.717) is 18.5 Å². The van der Waals surface area contributed by atoms with Gasteiger partial charge in [-0.15, -0.1) is 0 Å². The van der Waals surface area contributed by atoms with Crippen LogP contribution in [0.5, 0.6) is 0 Å². The van der Waals surface area contributed by atoms with Gasteiger partial charge in [0.2, 0.25) is 5.91 Å². The van der Waals surface area contributed by atoms with Gasteiger partial charge in [0.05, 0.1) is 12.5 Å². The molecule has 0 aliphatic carbocycles. The minimum Gasteiger partial charge on any atom is -0.351 e. The van der Waals surface area contributed by atoms with Gasteiger partial charge in [0, 0.05) is 12.1 Å². The van der Waals surface area contributed by atoms with Crippen LogP contribution >= 0.6 is 0 Å². The molecule has 1 N–H and O–H groups in total. The summed E-state index contributed by atoms with van der Waals surface area (Å²) in [5.41, 5.74) is 0.470. The second-order valence-electron chi connectivity index (χ2n) is 1.94. The van der Waals surface area contributed by atoms with Crippen molar-refractivity contribution in [1.82, 2.24) is 5.32 Å². The van der Waals surface area contributed by atoms with Gasteiger partial charge in [-0.2, -0.15) is 5.26 Å². The molecule has 0 unspecified atom stereocenters. The van der Waals surface area contributed by atoms with Crippen molar-refractivity contribution in [3.8, 4) is 6.07 Å². The molecule has 0 saturated carbocycles. The molecule has 0 radical (unpaired) electrons. The van der Waals surface area contributed by atoms with Crippen molar-refractivity contribution >= 4 is 5.91 Å². The minimum absolute atomic E-state index is 0.185. The molecule has 0 bridgehead atoms. The van der Waals surface area contributed by atoms with Crippen LogP contribution in [0.1, 0.15) is 13.3 Å². The lowest BCUT2D eigenvalue weighted by molar-refractivity contribution is -0.117. The monoisotopic (exact) mass is 138 g/mol. The van der Waals surface area contributed by atoms with Gasteiger partial charge in [-0.3, -0.25) is 4.79 Å². The van der Waals surface area contributed by atoms with Crippen molar-refractivity contribution in [3.63, 3.8) is 0 Å². The molecule has 0 aliphatic rings. The van der Waals surface area contributed by atoms with E-state index in [2.05, 4.69) is 11.9 Å². The number of carbonyl (C=O) groups excluding carboxylic acids is 1. The molecule has 3 nitrogen and oxygen atoms in total. The predicted molar refractivity (Wildman–Crippen MR) is 38.1 cm³/mol. The highest BCUT2D eigenvalue weighted by molar-refractivity contribution is 5.92. The van der Waals surface area contributed by atoms with E-state index < -0.39 is 0 Å². The summed E-state index contributed by atoms with van der Waals surface area (Å²) in [7, 11) is 0. The number of nitriles is 1. The lowest BCUT2D eigenvalue weighted by atomic mass is 10.3. The van der Waals surface area contributed by atoms with Gasteiger partial charge in [-0.1, -0.05) is 6.58 Å². The first-order valence-corrected chi connectivity index (χ1v) is 2.99. The summed E-state index contributed by atoms with van der Waals surface area (Å²) < 4.78 is 0. The van der Waals surface area contributed by atoms with Crippen LogP contribution in [0.4, 0.5) is 0 Å². The third kappa shape index (κ3) is 3.67. The largest absolute Gasteiger partial charge is 0.351 e. The Morgan fingerprint density at radius 3 is 2.80 bits per heavy atom. The van der Waals surface area contributed by atoms with Gasteiger partial charge in [-0.25, -0.2) is 0 Å². The van der Waals surface area contributed by atoms with E-state index in [9.17, 15) is 4.79 Å². The predicted octanol–water partition coefficient (Wildman–Crippen LogP) is 0.592. The number of rotatable bonds is 3. The van der Waals surface area contributed by atoms with Crippen molar-refractivity contribution in [2.75, 3.05) is 6.54 Å². The SMILES string of the molecule is C=C(C)C(=O)NCCC#N. The van der Waals surface area contributed by atoms with E-state index in [-0.39, 0.29) is 5.91 Å². The molecule has 0 aromatic rings. The zero-order valence-corrected chi connectivity index (χ0v) is 5.98. The summed E-state index contributed by atoms with van der Waals surface area (Å²) >= 11 is 0. The van der Waals surface area contributed by atoms with Crippen LogP contribution in [0.3, 0.4) is 0 Å². The highest BCUT2D eigenvalue weighted by Gasteiger charge is 1.97. The lowest BCUT2D eigenvalue weighted by Gasteiger charge is -1.98. The summed E-state index contributed by atoms with van der Waals surface area (Å²) in [5.74, 6) is -0.185. The third-order valence-electron chi connectivity index (χ3n) is 0.910. The Hall–Kier alpha value is -1.30. The van der Waals surface area contributed by atoms with Crippen molar-refractivity contribution < 1.29 is 4.79 Å². The van der Waals surface area contributed by atoms with Crippen molar-refractivity contribution in [1.29, 1.82) is 5.26 Å². The van der Waals surface area contributed by atoms with Gasteiger partial charge in [-0.05, 0) is 6.92 Å². The molecule has 0 aromatic carbocycles. The van der Waals surface area contributed by atoms with E-state index in [1.54, 1.807) is 6.92 Å². The Morgan fingerprint density at radius 1 is 1.80 bits per heavy atom. The molecule has 0 atom stereocenters. The number of amides is 1. The van der Waals surface area contributed by atoms with Crippen LogP contribution in [0.2, 0.25) is 0 Å². The Labute approximate surface area is 60.3 Å². The van der Waals surface area contributed by atoms with Crippen LogP contribution < -0.4 is 5.32 Å². The molecule has 0 aliphatic heterocycles. The van der Waals surface area contributed by atoms with E-state index in [1.807, 2.05) is 6.07 Å². The van der Waals surface area contributed by atoms with Crippen LogP contribution in [0, 0.1) is 11.3 Å². The average molecular weight is 138 g/mol. The second-order valence-corrected chi connectivity index (χ2v) is 1.94. The highest BCUT2D eigenvalue weighted by atomic mass is 16.1. The molecule has 0 heterocycles. The number of hydrogen-bond donors (Lipinski definition) is 1. The van der Waals surface area contributed by atoms with E-state index in [0.717, 1.165) is 0 Å². The first-order valence-electron chi connectivity index (χ1n) is 2.99. The van der Waals surface area contributed by atoms with Crippen LogP contribution in [-0.4, -0.2) is 12.5 Å². The molecular weight excluding hydrogens is 128 g/mol. The quantitative estimate of drug-likeness (QED) is 0.458. The van der Waals surface area contributed by atoms with Crippen LogP contribution in [-0.2, 0) is 4.79 Å². The van der Waals surface area contributed by atoms with Crippen LogP contribution in [0.25, 0.3) is 0 Å². The Balaban J connectivity index is 3.43. The Bertz CT molecular complexity index is 179. The summed E-state index contributed by atoms with van der Waals surface area (Å²) in [6, 6.07) is 1.92. The standard InChI is InChI=1S/C7H10N2O/c1-6(2)7(10)9-5-3-4-8/h1,3,5H2,2H3,(H,9,10). The fraction of sp³-hybridized carbons (Fsp3) is 0.429. The molecule has 0 saturated heterocycles. The zero-order chi connectivity index (χ0) is 7.98. The molecule has 10 heavy (non-hydrogen) atoms. The maximum Gasteiger partial charge on any atom is 0.246 e. The Kier molecular flexibility index (Phi) is 3.97. The molecular formula is C7H10N2O. The molecule has 54 valence electrons. The number of carbonyl (C=O) groups is 1. The molecule has 0 aromatic heterocycles.